The predicted molar refractivity (Wildman–Crippen MR) is 64.7 cm³/mol. The first kappa shape index (κ1) is 14.0. The van der Waals surface area contributed by atoms with Gasteiger partial charge in [0, 0.05) is 17.6 Å². The maximum Gasteiger partial charge on any atom is 0.305 e. The van der Waals surface area contributed by atoms with Crippen molar-refractivity contribution in [2.75, 3.05) is 6.54 Å². The molecule has 1 saturated heterocycles. The van der Waals surface area contributed by atoms with Gasteiger partial charge < -0.3 is 10.0 Å². The Kier molecular flexibility index (Phi) is 3.52. The molecule has 0 saturated carbocycles. The number of carboxylic acids is 1. The summed E-state index contributed by atoms with van der Waals surface area (Å²) in [5.41, 5.74) is -0.547. The van der Waals surface area contributed by atoms with Crippen LogP contribution in [0.25, 0.3) is 0 Å². The van der Waals surface area contributed by atoms with Crippen LogP contribution in [0, 0.1) is 0 Å². The average Bonchev–Trinajstić information content (AvgIpc) is 2.07. The second-order valence-corrected chi connectivity index (χ2v) is 6.27. The molecule has 0 bridgehead atoms. The molecule has 0 radical (unpaired) electrons. The molecule has 1 unspecified atom stereocenters. The lowest BCUT2D eigenvalue weighted by molar-refractivity contribution is -0.149. The quantitative estimate of drug-likeness (QED) is 0.753. The van der Waals surface area contributed by atoms with Crippen LogP contribution in [0.2, 0.25) is 0 Å². The van der Waals surface area contributed by atoms with Crippen LogP contribution in [0.5, 0.6) is 0 Å². The lowest BCUT2D eigenvalue weighted by atomic mass is 9.92. The first-order valence-corrected chi connectivity index (χ1v) is 5.84. The molecule has 1 heterocycles. The number of hydrogen-bond donors (Lipinski definition) is 2. The molecule has 1 amide bonds. The van der Waals surface area contributed by atoms with E-state index in [-0.39, 0.29) is 23.4 Å². The third-order valence-corrected chi connectivity index (χ3v) is 2.87. The van der Waals surface area contributed by atoms with Crippen LogP contribution in [0.15, 0.2) is 0 Å². The van der Waals surface area contributed by atoms with E-state index in [1.807, 2.05) is 34.6 Å². The predicted octanol–water partition coefficient (Wildman–Crippen LogP) is 0.839. The number of piperazine rings is 1. The van der Waals surface area contributed by atoms with Gasteiger partial charge in [-0.2, -0.15) is 0 Å². The van der Waals surface area contributed by atoms with Gasteiger partial charge in [-0.05, 0) is 34.6 Å². The second kappa shape index (κ2) is 4.29. The highest BCUT2D eigenvalue weighted by atomic mass is 16.4. The molecule has 0 spiro atoms. The van der Waals surface area contributed by atoms with Crippen LogP contribution in [0.3, 0.4) is 0 Å². The minimum atomic E-state index is -0.956. The van der Waals surface area contributed by atoms with Crippen molar-refractivity contribution in [2.45, 2.75) is 58.2 Å². The molecule has 0 aromatic carbocycles. The summed E-state index contributed by atoms with van der Waals surface area (Å²) in [6, 6.07) is -0.629. The maximum absolute atomic E-state index is 12.2. The summed E-state index contributed by atoms with van der Waals surface area (Å²) in [6.45, 7) is 10.4. The fourth-order valence-electron chi connectivity index (χ4n) is 2.12. The lowest BCUT2D eigenvalue weighted by Gasteiger charge is -2.48. The van der Waals surface area contributed by atoms with Crippen LogP contribution in [0.1, 0.15) is 41.0 Å². The molecule has 98 valence electrons. The summed E-state index contributed by atoms with van der Waals surface area (Å²) in [7, 11) is 0. The number of nitrogens with one attached hydrogen (secondary N) is 1. The standard InChI is InChI=1S/C12H22N2O3/c1-11(2,3)14-7-12(4,5)13-8(10(14)17)6-9(15)16/h8,13H,6-7H2,1-5H3,(H,15,16). The Labute approximate surface area is 102 Å². The van der Waals surface area contributed by atoms with E-state index >= 15 is 0 Å². The van der Waals surface area contributed by atoms with E-state index in [1.165, 1.54) is 0 Å². The largest absolute Gasteiger partial charge is 0.481 e. The van der Waals surface area contributed by atoms with Gasteiger partial charge in [0.05, 0.1) is 12.5 Å². The fraction of sp³-hybridized carbons (Fsp3) is 0.833. The van der Waals surface area contributed by atoms with E-state index in [0.717, 1.165) is 0 Å². The maximum atomic E-state index is 12.2. The van der Waals surface area contributed by atoms with Crippen molar-refractivity contribution in [1.82, 2.24) is 10.2 Å². The third kappa shape index (κ3) is 3.43. The van der Waals surface area contributed by atoms with Gasteiger partial charge in [-0.25, -0.2) is 0 Å². The zero-order valence-corrected chi connectivity index (χ0v) is 11.2. The summed E-state index contributed by atoms with van der Waals surface area (Å²) < 4.78 is 0. The molecule has 0 aromatic heterocycles. The average molecular weight is 242 g/mol. The van der Waals surface area contributed by atoms with E-state index < -0.39 is 12.0 Å². The molecule has 0 aliphatic carbocycles. The summed E-state index contributed by atoms with van der Waals surface area (Å²) in [5.74, 6) is -1.08. The third-order valence-electron chi connectivity index (χ3n) is 2.87. The number of carboxylic acid groups (broad SMARTS) is 1. The van der Waals surface area contributed by atoms with Gasteiger partial charge in [0.15, 0.2) is 0 Å². The number of rotatable bonds is 2. The van der Waals surface area contributed by atoms with E-state index in [4.69, 9.17) is 5.11 Å². The molecule has 5 heteroatoms. The number of amides is 1. The van der Waals surface area contributed by atoms with Crippen molar-refractivity contribution in [3.63, 3.8) is 0 Å². The molecule has 0 aromatic rings. The molecular weight excluding hydrogens is 220 g/mol. The molecule has 5 nitrogen and oxygen atoms in total. The lowest BCUT2D eigenvalue weighted by Crippen LogP contribution is -2.68. The van der Waals surface area contributed by atoms with Crippen LogP contribution < -0.4 is 5.32 Å². The van der Waals surface area contributed by atoms with Gasteiger partial charge in [0.2, 0.25) is 5.91 Å². The Balaban J connectivity index is 2.95. The highest BCUT2D eigenvalue weighted by Gasteiger charge is 2.42. The van der Waals surface area contributed by atoms with Crippen molar-refractivity contribution >= 4 is 11.9 Å². The molecular formula is C12H22N2O3. The first-order valence-electron chi connectivity index (χ1n) is 5.84. The van der Waals surface area contributed by atoms with Crippen molar-refractivity contribution in [1.29, 1.82) is 0 Å². The molecule has 1 rings (SSSR count). The summed E-state index contributed by atoms with van der Waals surface area (Å²) in [5, 5.41) is 11.9. The van der Waals surface area contributed by atoms with Crippen molar-refractivity contribution in [3.8, 4) is 0 Å². The minimum Gasteiger partial charge on any atom is -0.481 e. The van der Waals surface area contributed by atoms with Crippen LogP contribution >= 0.6 is 0 Å². The first-order chi connectivity index (χ1) is 7.53. The van der Waals surface area contributed by atoms with Gasteiger partial charge in [-0.3, -0.25) is 14.9 Å². The van der Waals surface area contributed by atoms with E-state index in [1.54, 1.807) is 4.90 Å². The molecule has 1 fully saturated rings. The Morgan fingerprint density at radius 2 is 2.06 bits per heavy atom. The minimum absolute atomic E-state index is 0.126. The van der Waals surface area contributed by atoms with E-state index in [2.05, 4.69) is 5.32 Å². The van der Waals surface area contributed by atoms with E-state index in [9.17, 15) is 9.59 Å². The second-order valence-electron chi connectivity index (χ2n) is 6.27. The Bertz CT molecular complexity index is 331. The van der Waals surface area contributed by atoms with Gasteiger partial charge >= 0.3 is 5.97 Å². The number of carbonyl (C=O) groups excluding carboxylic acids is 1. The van der Waals surface area contributed by atoms with Crippen molar-refractivity contribution in [2.24, 2.45) is 0 Å². The SMILES string of the molecule is CC1(C)CN(C(C)(C)C)C(=O)C(CC(=O)O)N1. The highest BCUT2D eigenvalue weighted by molar-refractivity contribution is 5.87. The van der Waals surface area contributed by atoms with E-state index in [0.29, 0.717) is 6.54 Å². The van der Waals surface area contributed by atoms with Gasteiger partial charge in [0.1, 0.15) is 0 Å². The summed E-state index contributed by atoms with van der Waals surface area (Å²) >= 11 is 0. The van der Waals surface area contributed by atoms with Gasteiger partial charge in [0.25, 0.3) is 0 Å². The molecule has 1 aliphatic rings. The molecule has 1 atom stereocenters. The molecule has 2 N–H and O–H groups in total. The number of carbonyl (C=O) groups is 2. The topological polar surface area (TPSA) is 69.6 Å². The van der Waals surface area contributed by atoms with Gasteiger partial charge in [-0.15, -0.1) is 0 Å². The van der Waals surface area contributed by atoms with Crippen LogP contribution in [0.4, 0.5) is 0 Å². The summed E-state index contributed by atoms with van der Waals surface area (Å²) in [6.07, 6.45) is -0.172. The van der Waals surface area contributed by atoms with Crippen molar-refractivity contribution in [3.05, 3.63) is 0 Å². The Morgan fingerprint density at radius 3 is 2.47 bits per heavy atom. The number of hydrogen-bond acceptors (Lipinski definition) is 3. The molecule has 1 aliphatic heterocycles. The number of nitrogens with zero attached hydrogens (tertiary/aromatic N) is 1. The molecule has 17 heavy (non-hydrogen) atoms. The monoisotopic (exact) mass is 242 g/mol. The highest BCUT2D eigenvalue weighted by Crippen LogP contribution is 2.24. The Morgan fingerprint density at radius 1 is 1.53 bits per heavy atom. The Hall–Kier alpha value is -1.10. The fourth-order valence-corrected chi connectivity index (χ4v) is 2.12. The number of aliphatic carboxylic acids is 1. The zero-order valence-electron chi connectivity index (χ0n) is 11.2. The summed E-state index contributed by atoms with van der Waals surface area (Å²) in [4.78, 5) is 24.7. The smallest absolute Gasteiger partial charge is 0.305 e. The van der Waals surface area contributed by atoms with Crippen LogP contribution in [-0.2, 0) is 9.59 Å². The van der Waals surface area contributed by atoms with Crippen molar-refractivity contribution < 1.29 is 14.7 Å². The van der Waals surface area contributed by atoms with Crippen LogP contribution in [-0.4, -0.2) is 45.5 Å². The van der Waals surface area contributed by atoms with Gasteiger partial charge in [-0.1, -0.05) is 0 Å². The zero-order chi connectivity index (χ0) is 13.4. The normalized spacial score (nSPS) is 24.9.